The van der Waals surface area contributed by atoms with Crippen molar-refractivity contribution in [3.8, 4) is 0 Å². The lowest BCUT2D eigenvalue weighted by molar-refractivity contribution is 0.205. The van der Waals surface area contributed by atoms with Gasteiger partial charge < -0.3 is 5.11 Å². The molecule has 17 heavy (non-hydrogen) atoms. The van der Waals surface area contributed by atoms with E-state index in [1.54, 1.807) is 4.31 Å². The normalized spacial score (nSPS) is 22.5. The first-order valence-corrected chi connectivity index (χ1v) is 7.85. The largest absolute Gasteiger partial charge is 0.395 e. The highest BCUT2D eigenvalue weighted by Crippen LogP contribution is 2.23. The van der Waals surface area contributed by atoms with Crippen LogP contribution in [0, 0.1) is 0 Å². The first-order valence-electron chi connectivity index (χ1n) is 6.45. The van der Waals surface area contributed by atoms with Crippen molar-refractivity contribution in [1.29, 1.82) is 0 Å². The molecule has 6 heteroatoms. The van der Waals surface area contributed by atoms with E-state index in [1.807, 2.05) is 13.8 Å². The third-order valence-electron chi connectivity index (χ3n) is 3.10. The minimum absolute atomic E-state index is 0.0781. The van der Waals surface area contributed by atoms with Crippen LogP contribution in [0.15, 0.2) is 0 Å². The highest BCUT2D eigenvalue weighted by molar-refractivity contribution is 7.86. The zero-order valence-electron chi connectivity index (χ0n) is 10.8. The summed E-state index contributed by atoms with van der Waals surface area (Å²) < 4.78 is 27.9. The molecule has 0 amide bonds. The second kappa shape index (κ2) is 6.68. The molecule has 1 atom stereocenters. The second-order valence-electron chi connectivity index (χ2n) is 4.50. The van der Waals surface area contributed by atoms with Crippen molar-refractivity contribution in [2.75, 3.05) is 26.2 Å². The van der Waals surface area contributed by atoms with Gasteiger partial charge >= 0.3 is 0 Å². The predicted molar refractivity (Wildman–Crippen MR) is 67.9 cm³/mol. The molecule has 1 rings (SSSR count). The maximum Gasteiger partial charge on any atom is 0.282 e. The van der Waals surface area contributed by atoms with Gasteiger partial charge in [-0.2, -0.15) is 17.0 Å². The molecule has 1 aliphatic rings. The summed E-state index contributed by atoms with van der Waals surface area (Å²) in [5, 5.41) is 9.22. The maximum absolute atomic E-state index is 12.4. The van der Waals surface area contributed by atoms with E-state index in [4.69, 9.17) is 0 Å². The van der Waals surface area contributed by atoms with Gasteiger partial charge in [-0.1, -0.05) is 13.8 Å². The Morgan fingerprint density at radius 3 is 2.35 bits per heavy atom. The SMILES string of the molecule is CCCN(CCC)S(=O)(=O)N1CCC[C@H]1CO. The van der Waals surface area contributed by atoms with Crippen LogP contribution in [0.4, 0.5) is 0 Å². The molecule has 1 fully saturated rings. The van der Waals surface area contributed by atoms with Crippen LogP contribution in [-0.2, 0) is 10.2 Å². The highest BCUT2D eigenvalue weighted by atomic mass is 32.2. The topological polar surface area (TPSA) is 60.9 Å². The van der Waals surface area contributed by atoms with Gasteiger partial charge in [-0.05, 0) is 25.7 Å². The summed E-state index contributed by atoms with van der Waals surface area (Å²) in [6.45, 7) is 5.54. The summed E-state index contributed by atoms with van der Waals surface area (Å²) in [7, 11) is -3.38. The van der Waals surface area contributed by atoms with Gasteiger partial charge in [-0.25, -0.2) is 0 Å². The van der Waals surface area contributed by atoms with Crippen LogP contribution >= 0.6 is 0 Å². The molecule has 1 aliphatic heterocycles. The van der Waals surface area contributed by atoms with Crippen LogP contribution in [0.25, 0.3) is 0 Å². The fourth-order valence-corrected chi connectivity index (χ4v) is 4.32. The number of aliphatic hydroxyl groups excluding tert-OH is 1. The third kappa shape index (κ3) is 3.40. The van der Waals surface area contributed by atoms with Gasteiger partial charge in [-0.15, -0.1) is 0 Å². The van der Waals surface area contributed by atoms with Gasteiger partial charge in [0, 0.05) is 25.7 Å². The molecule has 102 valence electrons. The monoisotopic (exact) mass is 264 g/mol. The molecule has 5 nitrogen and oxygen atoms in total. The van der Waals surface area contributed by atoms with E-state index in [1.165, 1.54) is 4.31 Å². The minimum atomic E-state index is -3.38. The quantitative estimate of drug-likeness (QED) is 0.740. The Bertz CT molecular complexity index is 313. The van der Waals surface area contributed by atoms with E-state index < -0.39 is 10.2 Å². The van der Waals surface area contributed by atoms with Crippen LogP contribution in [0.1, 0.15) is 39.5 Å². The van der Waals surface area contributed by atoms with Crippen LogP contribution in [0.5, 0.6) is 0 Å². The molecule has 0 bridgehead atoms. The Balaban J connectivity index is 2.82. The van der Waals surface area contributed by atoms with Gasteiger partial charge in [0.05, 0.1) is 6.61 Å². The van der Waals surface area contributed by atoms with Crippen molar-refractivity contribution in [2.45, 2.75) is 45.6 Å². The summed E-state index contributed by atoms with van der Waals surface area (Å²) in [5.41, 5.74) is 0. The van der Waals surface area contributed by atoms with E-state index in [9.17, 15) is 13.5 Å². The molecular formula is C11H24N2O3S. The van der Waals surface area contributed by atoms with Gasteiger partial charge in [0.25, 0.3) is 10.2 Å². The lowest BCUT2D eigenvalue weighted by atomic mass is 10.2. The zero-order chi connectivity index (χ0) is 12.9. The van der Waals surface area contributed by atoms with Gasteiger partial charge in [0.15, 0.2) is 0 Å². The van der Waals surface area contributed by atoms with Crippen molar-refractivity contribution >= 4 is 10.2 Å². The van der Waals surface area contributed by atoms with Gasteiger partial charge in [0.1, 0.15) is 0 Å². The lowest BCUT2D eigenvalue weighted by Crippen LogP contribution is -2.47. The molecule has 1 saturated heterocycles. The smallest absolute Gasteiger partial charge is 0.282 e. The molecule has 1 N–H and O–H groups in total. The van der Waals surface area contributed by atoms with E-state index in [2.05, 4.69) is 0 Å². The van der Waals surface area contributed by atoms with E-state index >= 15 is 0 Å². The Hall–Kier alpha value is -0.170. The van der Waals surface area contributed by atoms with Crippen LogP contribution < -0.4 is 0 Å². The number of hydrogen-bond acceptors (Lipinski definition) is 3. The Kier molecular flexibility index (Phi) is 5.85. The fraction of sp³-hybridized carbons (Fsp3) is 1.00. The average Bonchev–Trinajstić information content (AvgIpc) is 2.77. The molecule has 0 unspecified atom stereocenters. The Morgan fingerprint density at radius 2 is 1.88 bits per heavy atom. The molecule has 1 heterocycles. The molecule has 0 aromatic carbocycles. The maximum atomic E-state index is 12.4. The number of aliphatic hydroxyl groups is 1. The molecule has 0 aromatic heterocycles. The van der Waals surface area contributed by atoms with Crippen LogP contribution in [0.2, 0.25) is 0 Å². The molecular weight excluding hydrogens is 240 g/mol. The van der Waals surface area contributed by atoms with E-state index in [0.717, 1.165) is 25.7 Å². The number of hydrogen-bond donors (Lipinski definition) is 1. The molecule has 0 aliphatic carbocycles. The highest BCUT2D eigenvalue weighted by Gasteiger charge is 2.36. The van der Waals surface area contributed by atoms with Crippen LogP contribution in [0.3, 0.4) is 0 Å². The van der Waals surface area contributed by atoms with Crippen molar-refractivity contribution < 1.29 is 13.5 Å². The van der Waals surface area contributed by atoms with E-state index in [-0.39, 0.29) is 12.6 Å². The Labute approximate surface area is 105 Å². The van der Waals surface area contributed by atoms with Gasteiger partial charge in [-0.3, -0.25) is 0 Å². The molecule has 0 spiro atoms. The molecule has 0 radical (unpaired) electrons. The summed E-state index contributed by atoms with van der Waals surface area (Å²) in [4.78, 5) is 0. The summed E-state index contributed by atoms with van der Waals surface area (Å²) in [6, 6.07) is -0.226. The van der Waals surface area contributed by atoms with Crippen molar-refractivity contribution in [3.63, 3.8) is 0 Å². The Morgan fingerprint density at radius 1 is 1.29 bits per heavy atom. The first-order chi connectivity index (χ1) is 8.07. The summed E-state index contributed by atoms with van der Waals surface area (Å²) in [6.07, 6.45) is 3.24. The van der Waals surface area contributed by atoms with Crippen molar-refractivity contribution in [3.05, 3.63) is 0 Å². The second-order valence-corrected chi connectivity index (χ2v) is 6.38. The van der Waals surface area contributed by atoms with E-state index in [0.29, 0.717) is 19.6 Å². The fourth-order valence-electron chi connectivity index (χ4n) is 2.29. The zero-order valence-corrected chi connectivity index (χ0v) is 11.6. The first kappa shape index (κ1) is 14.9. The molecule has 0 aromatic rings. The summed E-state index contributed by atoms with van der Waals surface area (Å²) >= 11 is 0. The van der Waals surface area contributed by atoms with Crippen molar-refractivity contribution in [1.82, 2.24) is 8.61 Å². The lowest BCUT2D eigenvalue weighted by Gasteiger charge is -2.29. The van der Waals surface area contributed by atoms with Crippen molar-refractivity contribution in [2.24, 2.45) is 0 Å². The van der Waals surface area contributed by atoms with Gasteiger partial charge in [0.2, 0.25) is 0 Å². The standard InChI is InChI=1S/C11H24N2O3S/c1-3-7-12(8-4-2)17(15,16)13-9-5-6-11(13)10-14/h11,14H,3-10H2,1-2H3/t11-/m0/s1. The number of rotatable bonds is 7. The predicted octanol–water partition coefficient (Wildman–Crippen LogP) is 0.810. The third-order valence-corrected chi connectivity index (χ3v) is 5.19. The molecule has 0 saturated carbocycles. The number of nitrogens with zero attached hydrogens (tertiary/aromatic N) is 2. The minimum Gasteiger partial charge on any atom is -0.395 e. The average molecular weight is 264 g/mol. The van der Waals surface area contributed by atoms with Crippen LogP contribution in [-0.4, -0.2) is 54.4 Å². The summed E-state index contributed by atoms with van der Waals surface area (Å²) in [5.74, 6) is 0.